The zero-order chi connectivity index (χ0) is 43.7. The monoisotopic (exact) mass is 885 g/mol. The fourth-order valence-electron chi connectivity index (χ4n) is 10.0. The first-order valence-electron chi connectivity index (χ1n) is 21.7. The zero-order valence-corrected chi connectivity index (χ0v) is 35.9. The van der Waals surface area contributed by atoms with Crippen LogP contribution in [0, 0.1) is 11.8 Å². The number of pyridine rings is 1. The molecule has 7 heterocycles. The third kappa shape index (κ3) is 7.69. The van der Waals surface area contributed by atoms with E-state index in [2.05, 4.69) is 41.7 Å². The quantitative estimate of drug-likeness (QED) is 0.150. The number of imide groups is 1. The average Bonchev–Trinajstić information content (AvgIpc) is 4.08. The zero-order valence-electron chi connectivity index (χ0n) is 35.1. The highest BCUT2D eigenvalue weighted by atomic mass is 35.5. The van der Waals surface area contributed by atoms with Crippen molar-refractivity contribution in [3.05, 3.63) is 63.7 Å². The maximum absolute atomic E-state index is 15.2. The van der Waals surface area contributed by atoms with Crippen LogP contribution < -0.4 is 36.0 Å². The summed E-state index contributed by atoms with van der Waals surface area (Å²) in [5, 5.41) is 25.9. The maximum Gasteiger partial charge on any atom is 0.301 e. The summed E-state index contributed by atoms with van der Waals surface area (Å²) in [6, 6.07) is 10.2. The normalized spacial score (nSPS) is 23.3. The van der Waals surface area contributed by atoms with E-state index in [1.54, 1.807) is 25.2 Å². The van der Waals surface area contributed by atoms with Crippen LogP contribution >= 0.6 is 11.6 Å². The molecule has 4 fully saturated rings. The molecule has 5 aromatic rings. The number of piperazine rings is 1. The summed E-state index contributed by atoms with van der Waals surface area (Å²) in [6.07, 6.45) is 5.62. The van der Waals surface area contributed by atoms with Gasteiger partial charge in [0.25, 0.3) is 5.56 Å². The predicted molar refractivity (Wildman–Crippen MR) is 236 cm³/mol. The Morgan fingerprint density at radius 3 is 2.57 bits per heavy atom. The van der Waals surface area contributed by atoms with Crippen molar-refractivity contribution >= 4 is 74.0 Å². The number of amides is 2. The Labute approximate surface area is 366 Å². The number of ether oxygens (including phenoxy) is 1. The summed E-state index contributed by atoms with van der Waals surface area (Å²) in [5.41, 5.74) is 3.67. The van der Waals surface area contributed by atoms with Crippen LogP contribution in [0.5, 0.6) is 5.75 Å². The number of nitrogens with zero attached hydrogens (tertiary/aromatic N) is 8. The van der Waals surface area contributed by atoms with Gasteiger partial charge in [0, 0.05) is 76.2 Å². The SMILES string of the molecule is Cn1nc(C2CCC(=O)NC2=O)c2cccc(N3CCC(CN4CCN(c5ncc(Cl)c(Nc6ccc7c(c6)c6c(c(=O)n7C)OCC(F)(F)[C@H](C7CC7)N6)n5)C[C@@H]4CO)CC3)c21. The van der Waals surface area contributed by atoms with E-state index in [0.29, 0.717) is 85.3 Å². The molecule has 0 spiro atoms. The number of nitrogens with one attached hydrogen (secondary N) is 3. The van der Waals surface area contributed by atoms with Crippen molar-refractivity contribution < 1.29 is 28.2 Å². The molecular weight excluding hydrogens is 836 g/mol. The molecule has 1 unspecified atom stereocenters. The second-order valence-electron chi connectivity index (χ2n) is 17.7. The van der Waals surface area contributed by atoms with E-state index in [9.17, 15) is 19.5 Å². The van der Waals surface area contributed by atoms with Gasteiger partial charge in [-0.2, -0.15) is 10.1 Å². The molecule has 3 saturated heterocycles. The van der Waals surface area contributed by atoms with Crippen LogP contribution in [0.1, 0.15) is 50.1 Å². The number of aryl methyl sites for hydroxylation is 2. The van der Waals surface area contributed by atoms with Gasteiger partial charge in [0.15, 0.2) is 12.4 Å². The Morgan fingerprint density at radius 1 is 1.00 bits per heavy atom. The number of carbonyl (C=O) groups is 2. The first-order chi connectivity index (χ1) is 30.4. The number of hydrogen-bond donors (Lipinski definition) is 4. The van der Waals surface area contributed by atoms with Crippen LogP contribution in [0.4, 0.5) is 37.6 Å². The number of anilines is 5. The maximum atomic E-state index is 15.2. The smallest absolute Gasteiger partial charge is 0.301 e. The molecule has 332 valence electrons. The topological polar surface area (TPSA) is 175 Å². The molecule has 2 amide bonds. The number of aromatic nitrogens is 5. The van der Waals surface area contributed by atoms with Crippen molar-refractivity contribution in [3.63, 3.8) is 0 Å². The van der Waals surface area contributed by atoms with Crippen LogP contribution in [0.2, 0.25) is 5.02 Å². The van der Waals surface area contributed by atoms with Gasteiger partial charge in [-0.05, 0) is 68.2 Å². The summed E-state index contributed by atoms with van der Waals surface area (Å²) < 4.78 is 39.2. The van der Waals surface area contributed by atoms with Gasteiger partial charge in [-0.3, -0.25) is 29.3 Å². The summed E-state index contributed by atoms with van der Waals surface area (Å²) in [7, 11) is 3.50. The molecule has 0 bridgehead atoms. The average molecular weight is 886 g/mol. The van der Waals surface area contributed by atoms with E-state index in [0.717, 1.165) is 49.1 Å². The number of halogens is 3. The second kappa shape index (κ2) is 16.2. The molecule has 3 atom stereocenters. The minimum atomic E-state index is -3.15. The lowest BCUT2D eigenvalue weighted by molar-refractivity contribution is -0.134. The van der Waals surface area contributed by atoms with E-state index in [1.165, 1.54) is 10.8 Å². The van der Waals surface area contributed by atoms with Crippen molar-refractivity contribution in [2.24, 2.45) is 25.9 Å². The number of aliphatic hydroxyl groups is 1. The number of piperidine rings is 2. The first kappa shape index (κ1) is 41.4. The van der Waals surface area contributed by atoms with Crippen LogP contribution in [0.25, 0.3) is 21.8 Å². The van der Waals surface area contributed by atoms with Crippen molar-refractivity contribution in [2.75, 3.05) is 72.9 Å². The van der Waals surface area contributed by atoms with Gasteiger partial charge in [-0.1, -0.05) is 23.7 Å². The summed E-state index contributed by atoms with van der Waals surface area (Å²) >= 11 is 6.65. The van der Waals surface area contributed by atoms with Crippen LogP contribution in [-0.2, 0) is 23.7 Å². The molecule has 4 aliphatic heterocycles. The lowest BCUT2D eigenvalue weighted by atomic mass is 9.92. The highest BCUT2D eigenvalue weighted by Crippen LogP contribution is 2.46. The largest absolute Gasteiger partial charge is 0.480 e. The molecule has 16 nitrogen and oxygen atoms in total. The highest BCUT2D eigenvalue weighted by molar-refractivity contribution is 6.33. The van der Waals surface area contributed by atoms with Gasteiger partial charge in [0.1, 0.15) is 5.02 Å². The molecule has 1 saturated carbocycles. The van der Waals surface area contributed by atoms with E-state index in [4.69, 9.17) is 26.4 Å². The molecular formula is C44H50ClF2N11O5. The minimum Gasteiger partial charge on any atom is -0.480 e. The van der Waals surface area contributed by atoms with Crippen molar-refractivity contribution in [2.45, 2.75) is 62.4 Å². The highest BCUT2D eigenvalue weighted by Gasteiger charge is 2.51. The standard InChI is InChI=1S/C44H50ClF2N11O5/c1-54-32-10-8-26(18-30(32)36-38(42(54)62)63-23-44(46,47)39(51-36)25-6-7-25)49-40-31(45)19-48-43(52-40)58-17-16-57(27(21-58)22-59)20-24-12-14-56(15-13-24)33-5-3-4-28-35(53-55(2)37(28)33)29-9-11-34(60)50-41(29)61/h3-5,8,10,18-19,24-25,27,29,39,51,59H,6-7,9,11-17,20-23H2,1-2H3,(H,48,49,52)(H,50,60,61)/t27-,29?,39+/m1/s1. The third-order valence-electron chi connectivity index (χ3n) is 13.6. The number of para-hydroxylation sites is 1. The van der Waals surface area contributed by atoms with Crippen LogP contribution in [0.15, 0.2) is 47.4 Å². The molecule has 1 aliphatic carbocycles. The van der Waals surface area contributed by atoms with Gasteiger partial charge >= 0.3 is 5.92 Å². The Hall–Kier alpha value is -5.59. The van der Waals surface area contributed by atoms with Crippen LogP contribution in [-0.4, -0.2) is 117 Å². The van der Waals surface area contributed by atoms with E-state index in [-0.39, 0.29) is 46.8 Å². The summed E-state index contributed by atoms with van der Waals surface area (Å²) in [6.45, 7) is 3.54. The van der Waals surface area contributed by atoms with Gasteiger partial charge in [0.05, 0.1) is 58.9 Å². The number of rotatable bonds is 9. The lowest BCUT2D eigenvalue weighted by Crippen LogP contribution is -2.56. The summed E-state index contributed by atoms with van der Waals surface area (Å²) in [4.78, 5) is 54.0. The lowest BCUT2D eigenvalue weighted by Gasteiger charge is -2.43. The number of aliphatic hydroxyl groups excluding tert-OH is 1. The first-order valence-corrected chi connectivity index (χ1v) is 22.1. The molecule has 2 aromatic carbocycles. The summed E-state index contributed by atoms with van der Waals surface area (Å²) in [5.74, 6) is -3.22. The fourth-order valence-corrected chi connectivity index (χ4v) is 10.1. The van der Waals surface area contributed by atoms with Crippen molar-refractivity contribution in [3.8, 4) is 5.75 Å². The van der Waals surface area contributed by atoms with Crippen molar-refractivity contribution in [1.29, 1.82) is 0 Å². The number of carbonyl (C=O) groups excluding carboxylic acids is 2. The van der Waals surface area contributed by atoms with Gasteiger partial charge < -0.3 is 34.8 Å². The second-order valence-corrected chi connectivity index (χ2v) is 18.1. The molecule has 5 aliphatic rings. The number of benzene rings is 2. The molecule has 3 aromatic heterocycles. The molecule has 4 N–H and O–H groups in total. The van der Waals surface area contributed by atoms with Crippen molar-refractivity contribution in [1.82, 2.24) is 34.5 Å². The van der Waals surface area contributed by atoms with E-state index >= 15 is 8.78 Å². The van der Waals surface area contributed by atoms with E-state index < -0.39 is 30.0 Å². The Balaban J connectivity index is 0.802. The molecule has 0 radical (unpaired) electrons. The van der Waals surface area contributed by atoms with Gasteiger partial charge in [-0.25, -0.2) is 13.8 Å². The number of hydrogen-bond acceptors (Lipinski definition) is 13. The van der Waals surface area contributed by atoms with Crippen LogP contribution in [0.3, 0.4) is 0 Å². The minimum absolute atomic E-state index is 0.0265. The van der Waals surface area contributed by atoms with E-state index in [1.807, 2.05) is 23.9 Å². The fraction of sp³-hybridized carbons (Fsp3) is 0.500. The van der Waals surface area contributed by atoms with Gasteiger partial charge in [-0.15, -0.1) is 0 Å². The third-order valence-corrected chi connectivity index (χ3v) is 13.9. The number of fused-ring (bicyclic) bond motifs is 4. The molecule has 10 rings (SSSR count). The Kier molecular flexibility index (Phi) is 10.6. The Morgan fingerprint density at radius 2 is 1.81 bits per heavy atom. The molecule has 63 heavy (non-hydrogen) atoms. The predicted octanol–water partition coefficient (Wildman–Crippen LogP) is 4.75. The van der Waals surface area contributed by atoms with Gasteiger partial charge in [0.2, 0.25) is 23.5 Å². The molecule has 19 heteroatoms. The Bertz CT molecular complexity index is 2680. The number of alkyl halides is 2.